The fourth-order valence-corrected chi connectivity index (χ4v) is 10.1. The molecule has 3 aromatic rings. The van der Waals surface area contributed by atoms with Crippen molar-refractivity contribution in [2.24, 2.45) is 11.3 Å². The van der Waals surface area contributed by atoms with Gasteiger partial charge in [0.2, 0.25) is 10.0 Å². The predicted octanol–water partition coefficient (Wildman–Crippen LogP) is 4.51. The molecule has 0 radical (unpaired) electrons. The maximum atomic E-state index is 15.0. The fraction of sp³-hybridized carbons (Fsp3) is 0.464. The molecule has 2 saturated heterocycles. The Morgan fingerprint density at radius 2 is 1.81 bits per heavy atom. The van der Waals surface area contributed by atoms with E-state index in [0.717, 1.165) is 36.1 Å². The summed E-state index contributed by atoms with van der Waals surface area (Å²) in [5.41, 5.74) is 2.83. The molecule has 4 unspecified atom stereocenters. The smallest absolute Gasteiger partial charge is 0.218 e. The van der Waals surface area contributed by atoms with Crippen molar-refractivity contribution >= 4 is 10.0 Å². The van der Waals surface area contributed by atoms with E-state index in [-0.39, 0.29) is 35.1 Å². The molecule has 8 heteroatoms. The largest absolute Gasteiger partial charge is 0.392 e. The topological polar surface area (TPSA) is 75.4 Å². The van der Waals surface area contributed by atoms with Gasteiger partial charge in [-0.1, -0.05) is 42.5 Å². The zero-order chi connectivity index (χ0) is 24.7. The lowest BCUT2D eigenvalue weighted by molar-refractivity contribution is -0.131. The molecule has 1 N–H and O–H groups in total. The molecule has 8 rings (SSSR count). The second kappa shape index (κ2) is 7.97. The third kappa shape index (κ3) is 3.34. The molecule has 0 spiro atoms. The number of imidazole rings is 1. The van der Waals surface area contributed by atoms with Crippen LogP contribution in [0.25, 0.3) is 11.3 Å². The average molecular weight is 508 g/mol. The van der Waals surface area contributed by atoms with Crippen molar-refractivity contribution < 1.29 is 17.9 Å². The van der Waals surface area contributed by atoms with Crippen molar-refractivity contribution in [3.63, 3.8) is 0 Å². The Morgan fingerprint density at radius 1 is 1.06 bits per heavy atom. The van der Waals surface area contributed by atoms with Gasteiger partial charge in [-0.25, -0.2) is 17.8 Å². The molecule has 6 nitrogen and oxygen atoms in total. The molecule has 5 aliphatic rings. The van der Waals surface area contributed by atoms with E-state index >= 15 is 0 Å². The molecule has 2 saturated carbocycles. The van der Waals surface area contributed by atoms with Crippen molar-refractivity contribution in [2.75, 3.05) is 0 Å². The highest BCUT2D eigenvalue weighted by Gasteiger charge is 2.59. The normalized spacial score (nSPS) is 31.4. The van der Waals surface area contributed by atoms with Crippen LogP contribution in [0.15, 0.2) is 61.1 Å². The van der Waals surface area contributed by atoms with E-state index in [2.05, 4.69) is 4.98 Å². The van der Waals surface area contributed by atoms with Gasteiger partial charge in [-0.15, -0.1) is 0 Å². The number of fused-ring (bicyclic) bond motifs is 3. The summed E-state index contributed by atoms with van der Waals surface area (Å²) in [5, 5.41) is 11.8. The number of hydrogen-bond acceptors (Lipinski definition) is 4. The summed E-state index contributed by atoms with van der Waals surface area (Å²) in [7, 11) is -3.46. The van der Waals surface area contributed by atoms with Gasteiger partial charge in [-0.3, -0.25) is 0 Å². The summed E-state index contributed by atoms with van der Waals surface area (Å²) in [6.45, 7) is 0. The van der Waals surface area contributed by atoms with Crippen LogP contribution in [0, 0.1) is 17.2 Å². The van der Waals surface area contributed by atoms with Crippen molar-refractivity contribution in [3.05, 3.63) is 78.0 Å². The minimum Gasteiger partial charge on any atom is -0.392 e. The number of nitrogens with zero attached hydrogens (tertiary/aromatic N) is 3. The van der Waals surface area contributed by atoms with E-state index in [9.17, 15) is 17.9 Å². The summed E-state index contributed by atoms with van der Waals surface area (Å²) in [5.74, 6) is 0.191. The van der Waals surface area contributed by atoms with Crippen LogP contribution in [0.3, 0.4) is 0 Å². The zero-order valence-electron chi connectivity index (χ0n) is 20.0. The summed E-state index contributed by atoms with van der Waals surface area (Å²) >= 11 is 0. The number of rotatable bonds is 6. The number of halogens is 1. The minimum atomic E-state index is -3.46. The average Bonchev–Trinajstić information content (AvgIpc) is 3.42. The quantitative estimate of drug-likeness (QED) is 0.533. The number of sulfonamides is 1. The molecule has 188 valence electrons. The fourth-order valence-electron chi connectivity index (χ4n) is 8.06. The number of hydrogen-bond donors (Lipinski definition) is 1. The molecule has 0 amide bonds. The third-order valence-electron chi connectivity index (χ3n) is 9.24. The van der Waals surface area contributed by atoms with Crippen molar-refractivity contribution in [1.29, 1.82) is 0 Å². The number of aliphatic hydroxyl groups is 1. The van der Waals surface area contributed by atoms with Crippen LogP contribution >= 0.6 is 0 Å². The molecule has 4 bridgehead atoms. The molecular weight excluding hydrogens is 477 g/mol. The lowest BCUT2D eigenvalue weighted by Gasteiger charge is -2.62. The Morgan fingerprint density at radius 3 is 2.56 bits per heavy atom. The Kier molecular flexibility index (Phi) is 5.01. The van der Waals surface area contributed by atoms with Gasteiger partial charge in [0.1, 0.15) is 5.82 Å². The summed E-state index contributed by atoms with van der Waals surface area (Å²) in [6, 6.07) is 14.0. The second-order valence-corrected chi connectivity index (χ2v) is 13.2. The lowest BCUT2D eigenvalue weighted by Crippen LogP contribution is -2.65. The van der Waals surface area contributed by atoms with Gasteiger partial charge in [0.25, 0.3) is 0 Å². The standard InChI is InChI=1S/C28H30FN3O3S/c29-23-8-4-7-22-25-15-30-17-31(25)24(27(22)23)11-26(33)28-12-19-9-20(13-28)32(21(10-19)14-28)36(34,35)16-18-5-2-1-3-6-18/h1-8,15,17,19-21,24,26,33H,9-14,16H2. The van der Waals surface area contributed by atoms with Gasteiger partial charge in [-0.2, -0.15) is 4.31 Å². The Hall–Kier alpha value is -2.55. The van der Waals surface area contributed by atoms with E-state index in [4.69, 9.17) is 0 Å². The SMILES string of the molecule is O=S(=O)(Cc1ccccc1)N1C2CC3CC1CC(C(O)CC1c4c(F)cccc4-c4cncn41)(C3)C2. The van der Waals surface area contributed by atoms with Gasteiger partial charge in [0.05, 0.1) is 36.1 Å². The first-order valence-electron chi connectivity index (χ1n) is 12.9. The van der Waals surface area contributed by atoms with Gasteiger partial charge < -0.3 is 9.67 Å². The second-order valence-electron chi connectivity index (χ2n) is 11.3. The molecule has 36 heavy (non-hydrogen) atoms. The van der Waals surface area contributed by atoms with E-state index in [1.54, 1.807) is 22.9 Å². The monoisotopic (exact) mass is 507 g/mol. The molecule has 1 aromatic heterocycles. The highest BCUT2D eigenvalue weighted by molar-refractivity contribution is 7.88. The molecule has 4 atom stereocenters. The molecule has 4 fully saturated rings. The zero-order valence-corrected chi connectivity index (χ0v) is 20.8. The predicted molar refractivity (Wildman–Crippen MR) is 134 cm³/mol. The first kappa shape index (κ1) is 22.6. The summed E-state index contributed by atoms with van der Waals surface area (Å²) < 4.78 is 45.8. The molecule has 3 aliphatic heterocycles. The van der Waals surface area contributed by atoms with Crippen LogP contribution in [-0.2, 0) is 15.8 Å². The molecular formula is C28H30FN3O3S. The maximum absolute atomic E-state index is 15.0. The minimum absolute atomic E-state index is 0.0165. The van der Waals surface area contributed by atoms with E-state index in [1.165, 1.54) is 6.07 Å². The number of benzene rings is 2. The first-order valence-corrected chi connectivity index (χ1v) is 14.5. The number of aliphatic hydroxyl groups excluding tert-OH is 1. The van der Waals surface area contributed by atoms with E-state index < -0.39 is 16.1 Å². The van der Waals surface area contributed by atoms with Crippen molar-refractivity contribution in [3.8, 4) is 11.3 Å². The van der Waals surface area contributed by atoms with Crippen LogP contribution < -0.4 is 0 Å². The van der Waals surface area contributed by atoms with Crippen LogP contribution in [0.5, 0.6) is 0 Å². The Labute approximate surface area is 210 Å². The van der Waals surface area contributed by atoms with Gasteiger partial charge >= 0.3 is 0 Å². The summed E-state index contributed by atoms with van der Waals surface area (Å²) in [6.07, 6.45) is 7.23. The molecule has 2 aliphatic carbocycles. The molecule has 4 heterocycles. The van der Waals surface area contributed by atoms with Crippen molar-refractivity contribution in [2.45, 2.75) is 68.5 Å². The lowest BCUT2D eigenvalue weighted by atomic mass is 9.53. The first-order chi connectivity index (χ1) is 17.3. The van der Waals surface area contributed by atoms with Gasteiger partial charge in [0, 0.05) is 23.2 Å². The Bertz CT molecular complexity index is 1410. The van der Waals surface area contributed by atoms with Crippen LogP contribution in [0.2, 0.25) is 0 Å². The van der Waals surface area contributed by atoms with Crippen molar-refractivity contribution in [1.82, 2.24) is 13.9 Å². The Balaban J connectivity index is 1.16. The van der Waals surface area contributed by atoms with Crippen LogP contribution in [0.4, 0.5) is 4.39 Å². The van der Waals surface area contributed by atoms with Gasteiger partial charge in [-0.05, 0) is 61.5 Å². The van der Waals surface area contributed by atoms with E-state index in [1.807, 2.05) is 41.0 Å². The van der Waals surface area contributed by atoms with Crippen LogP contribution in [-0.4, -0.2) is 45.6 Å². The highest BCUT2D eigenvalue weighted by Crippen LogP contribution is 2.60. The third-order valence-corrected chi connectivity index (χ3v) is 11.2. The highest BCUT2D eigenvalue weighted by atomic mass is 32.2. The van der Waals surface area contributed by atoms with E-state index in [0.29, 0.717) is 30.7 Å². The maximum Gasteiger partial charge on any atom is 0.218 e. The summed E-state index contributed by atoms with van der Waals surface area (Å²) in [4.78, 5) is 4.28. The number of aromatic nitrogens is 2. The molecule has 2 aromatic carbocycles. The van der Waals surface area contributed by atoms with Gasteiger partial charge in [0.15, 0.2) is 0 Å². The number of piperidine rings is 2. The van der Waals surface area contributed by atoms with Crippen LogP contribution in [0.1, 0.15) is 55.7 Å².